The number of para-hydroxylation sites is 1. The summed E-state index contributed by atoms with van der Waals surface area (Å²) in [5.41, 5.74) is 8.44. The molecule has 2 N–H and O–H groups in total. The lowest BCUT2D eigenvalue weighted by Crippen LogP contribution is -2.51. The maximum atomic E-state index is 12.7. The minimum absolute atomic E-state index is 0. The third-order valence-corrected chi connectivity index (χ3v) is 5.33. The van der Waals surface area contributed by atoms with E-state index in [0.29, 0.717) is 18.4 Å². The van der Waals surface area contributed by atoms with Crippen molar-refractivity contribution in [3.05, 3.63) is 29.8 Å². The van der Waals surface area contributed by atoms with Gasteiger partial charge in [-0.1, -0.05) is 24.6 Å². The first-order chi connectivity index (χ1) is 10.7. The maximum absolute atomic E-state index is 12.7. The predicted octanol–water partition coefficient (Wildman–Crippen LogP) is 2.86. The van der Waals surface area contributed by atoms with Crippen molar-refractivity contribution < 1.29 is 4.79 Å². The number of anilines is 1. The topological polar surface area (TPSA) is 49.6 Å². The van der Waals surface area contributed by atoms with Gasteiger partial charge in [-0.3, -0.25) is 4.79 Å². The minimum Gasteiger partial charge on any atom is -0.368 e. The summed E-state index contributed by atoms with van der Waals surface area (Å²) in [7, 11) is 0. The van der Waals surface area contributed by atoms with E-state index >= 15 is 0 Å². The Balaban J connectivity index is 0.00000144. The van der Waals surface area contributed by atoms with Crippen LogP contribution in [-0.4, -0.2) is 43.5 Å². The highest BCUT2D eigenvalue weighted by atomic mass is 35.5. The summed E-state index contributed by atoms with van der Waals surface area (Å²) < 4.78 is 0. The van der Waals surface area contributed by atoms with Gasteiger partial charge in [-0.05, 0) is 43.9 Å². The molecule has 2 atom stereocenters. The summed E-state index contributed by atoms with van der Waals surface area (Å²) in [6.07, 6.45) is 3.30. The van der Waals surface area contributed by atoms with Crippen LogP contribution in [0.3, 0.4) is 0 Å². The summed E-state index contributed by atoms with van der Waals surface area (Å²) in [6, 6.07) is 8.49. The van der Waals surface area contributed by atoms with E-state index in [0.717, 1.165) is 45.4 Å². The van der Waals surface area contributed by atoms with Crippen LogP contribution in [0.4, 0.5) is 5.69 Å². The fourth-order valence-electron chi connectivity index (χ4n) is 3.96. The van der Waals surface area contributed by atoms with Crippen molar-refractivity contribution >= 4 is 36.4 Å². The Morgan fingerprint density at radius 2 is 1.79 bits per heavy atom. The molecule has 24 heavy (non-hydrogen) atoms. The standard InChI is InChI=1S/C18H27N3O.2ClH/c1-14-5-2-3-8-17(14)20-9-11-21(12-10-20)18(22)16-7-4-6-15(16)13-19;;/h2-3,5,8,15-16H,4,6-7,9-13,19H2,1H3;2*1H/t15-,16-;;/m1../s1. The average Bonchev–Trinajstić information content (AvgIpc) is 3.03. The van der Waals surface area contributed by atoms with Gasteiger partial charge in [0.05, 0.1) is 0 Å². The molecule has 4 nitrogen and oxygen atoms in total. The molecule has 1 saturated carbocycles. The highest BCUT2D eigenvalue weighted by molar-refractivity contribution is 5.85. The largest absolute Gasteiger partial charge is 0.368 e. The molecule has 0 aromatic heterocycles. The van der Waals surface area contributed by atoms with Crippen molar-refractivity contribution in [2.24, 2.45) is 17.6 Å². The van der Waals surface area contributed by atoms with Gasteiger partial charge in [0.15, 0.2) is 0 Å². The molecule has 0 spiro atoms. The van der Waals surface area contributed by atoms with E-state index in [4.69, 9.17) is 5.73 Å². The molecule has 1 aromatic rings. The van der Waals surface area contributed by atoms with E-state index in [-0.39, 0.29) is 30.7 Å². The summed E-state index contributed by atoms with van der Waals surface area (Å²) in [5.74, 6) is 0.925. The Kier molecular flexibility index (Phi) is 8.34. The van der Waals surface area contributed by atoms with Crippen LogP contribution >= 0.6 is 24.8 Å². The van der Waals surface area contributed by atoms with Gasteiger partial charge in [0.25, 0.3) is 0 Å². The molecule has 1 aliphatic carbocycles. The van der Waals surface area contributed by atoms with Crippen LogP contribution in [0, 0.1) is 18.8 Å². The van der Waals surface area contributed by atoms with E-state index in [9.17, 15) is 4.79 Å². The molecular formula is C18H29Cl2N3O. The predicted molar refractivity (Wildman–Crippen MR) is 104 cm³/mol. The lowest BCUT2D eigenvalue weighted by Gasteiger charge is -2.38. The number of nitrogens with two attached hydrogens (primary N) is 1. The van der Waals surface area contributed by atoms with E-state index in [1.807, 2.05) is 0 Å². The second-order valence-electron chi connectivity index (χ2n) is 6.63. The molecule has 2 aliphatic rings. The van der Waals surface area contributed by atoms with Gasteiger partial charge in [-0.2, -0.15) is 0 Å². The number of hydrogen-bond acceptors (Lipinski definition) is 3. The number of hydrogen-bond donors (Lipinski definition) is 1. The smallest absolute Gasteiger partial charge is 0.226 e. The summed E-state index contributed by atoms with van der Waals surface area (Å²) in [4.78, 5) is 17.2. The lowest BCUT2D eigenvalue weighted by molar-refractivity contribution is -0.136. The maximum Gasteiger partial charge on any atom is 0.226 e. The quantitative estimate of drug-likeness (QED) is 0.885. The van der Waals surface area contributed by atoms with Gasteiger partial charge in [0, 0.05) is 37.8 Å². The zero-order chi connectivity index (χ0) is 15.5. The lowest BCUT2D eigenvalue weighted by atomic mass is 9.94. The number of halogens is 2. The van der Waals surface area contributed by atoms with Crippen molar-refractivity contribution in [2.75, 3.05) is 37.6 Å². The zero-order valence-electron chi connectivity index (χ0n) is 14.3. The molecule has 1 aromatic carbocycles. The van der Waals surface area contributed by atoms with Gasteiger partial charge in [-0.15, -0.1) is 24.8 Å². The van der Waals surface area contributed by atoms with Crippen LogP contribution in [0.25, 0.3) is 0 Å². The molecule has 1 aliphatic heterocycles. The third-order valence-electron chi connectivity index (χ3n) is 5.33. The number of amides is 1. The molecule has 1 amide bonds. The molecule has 3 rings (SSSR count). The number of nitrogens with zero attached hydrogens (tertiary/aromatic N) is 2. The number of aryl methyl sites for hydroxylation is 1. The molecule has 0 radical (unpaired) electrons. The Hall–Kier alpha value is -0.970. The van der Waals surface area contributed by atoms with Crippen molar-refractivity contribution in [3.63, 3.8) is 0 Å². The first-order valence-corrected chi connectivity index (χ1v) is 8.50. The van der Waals surface area contributed by atoms with Crippen LogP contribution in [0.2, 0.25) is 0 Å². The first-order valence-electron chi connectivity index (χ1n) is 8.50. The Labute approximate surface area is 157 Å². The monoisotopic (exact) mass is 373 g/mol. The van der Waals surface area contributed by atoms with Crippen molar-refractivity contribution in [2.45, 2.75) is 26.2 Å². The third kappa shape index (κ3) is 4.35. The number of rotatable bonds is 3. The molecule has 136 valence electrons. The van der Waals surface area contributed by atoms with Crippen molar-refractivity contribution in [3.8, 4) is 0 Å². The van der Waals surface area contributed by atoms with Gasteiger partial charge in [0.1, 0.15) is 0 Å². The minimum atomic E-state index is 0. The number of carbonyl (C=O) groups excluding carboxylic acids is 1. The van der Waals surface area contributed by atoms with Gasteiger partial charge >= 0.3 is 0 Å². The molecule has 6 heteroatoms. The molecule has 2 fully saturated rings. The average molecular weight is 374 g/mol. The van der Waals surface area contributed by atoms with E-state index in [1.54, 1.807) is 0 Å². The first kappa shape index (κ1) is 21.1. The summed E-state index contributed by atoms with van der Waals surface area (Å²) >= 11 is 0. The van der Waals surface area contributed by atoms with Crippen molar-refractivity contribution in [1.29, 1.82) is 0 Å². The Morgan fingerprint density at radius 1 is 1.12 bits per heavy atom. The highest BCUT2D eigenvalue weighted by Crippen LogP contribution is 2.33. The summed E-state index contributed by atoms with van der Waals surface area (Å²) in [5, 5.41) is 0. The fourth-order valence-corrected chi connectivity index (χ4v) is 3.96. The van der Waals surface area contributed by atoms with Crippen LogP contribution in [-0.2, 0) is 4.79 Å². The SMILES string of the molecule is Cc1ccccc1N1CCN(C(=O)[C@@H]2CCC[C@@H]2CN)CC1.Cl.Cl. The normalized spacial score (nSPS) is 23.4. The number of carbonyl (C=O) groups is 1. The number of piperazine rings is 1. The van der Waals surface area contributed by atoms with Gasteiger partial charge in [-0.25, -0.2) is 0 Å². The van der Waals surface area contributed by atoms with Crippen LogP contribution < -0.4 is 10.6 Å². The van der Waals surface area contributed by atoms with Gasteiger partial charge < -0.3 is 15.5 Å². The van der Waals surface area contributed by atoms with E-state index in [1.165, 1.54) is 11.3 Å². The Bertz CT molecular complexity index is 533. The van der Waals surface area contributed by atoms with Crippen molar-refractivity contribution in [1.82, 2.24) is 4.90 Å². The second-order valence-corrected chi connectivity index (χ2v) is 6.63. The molecule has 1 saturated heterocycles. The zero-order valence-corrected chi connectivity index (χ0v) is 16.0. The van der Waals surface area contributed by atoms with E-state index < -0.39 is 0 Å². The van der Waals surface area contributed by atoms with E-state index in [2.05, 4.69) is 41.0 Å². The van der Waals surface area contributed by atoms with Gasteiger partial charge in [0.2, 0.25) is 5.91 Å². The van der Waals surface area contributed by atoms with Crippen LogP contribution in [0.1, 0.15) is 24.8 Å². The molecular weight excluding hydrogens is 345 g/mol. The molecule has 1 heterocycles. The number of benzene rings is 1. The fraction of sp³-hybridized carbons (Fsp3) is 0.611. The Morgan fingerprint density at radius 3 is 2.42 bits per heavy atom. The molecule has 0 bridgehead atoms. The summed E-state index contributed by atoms with van der Waals surface area (Å²) in [6.45, 7) is 6.33. The van der Waals surface area contributed by atoms with Crippen LogP contribution in [0.5, 0.6) is 0 Å². The molecule has 0 unspecified atom stereocenters. The van der Waals surface area contributed by atoms with Crippen LogP contribution in [0.15, 0.2) is 24.3 Å². The second kappa shape index (κ2) is 9.50. The highest BCUT2D eigenvalue weighted by Gasteiger charge is 2.35.